The van der Waals surface area contributed by atoms with Crippen molar-refractivity contribution < 1.29 is 37.3 Å². The first-order chi connectivity index (χ1) is 23.6. The molecule has 1 heterocycles. The van der Waals surface area contributed by atoms with Crippen molar-refractivity contribution in [1.82, 2.24) is 0 Å². The Morgan fingerprint density at radius 3 is 1.31 bits per heavy atom. The summed E-state index contributed by atoms with van der Waals surface area (Å²) in [7, 11) is -3.37. The van der Waals surface area contributed by atoms with Crippen LogP contribution in [0, 0.1) is 0 Å². The zero-order valence-electron chi connectivity index (χ0n) is 27.8. The standard InChI is InChI=1S/C39H47O8P/c1-3-45-48(40,46-4-2)26-25-35-36(41-27-31-17-9-5-10-18-31)37(42-28-32-19-11-6-12-20-32)38(43-29-33-21-13-7-14-22-33)39(47-35)44-30-34-23-15-8-16-24-34/h5-24,35-39H,3-4,25-30H2,1-2H3/t35-,36-,37+,38-,39-/m1/s1. The highest BCUT2D eigenvalue weighted by molar-refractivity contribution is 7.53. The second kappa shape index (κ2) is 19.1. The third kappa shape index (κ3) is 10.9. The lowest BCUT2D eigenvalue weighted by Crippen LogP contribution is -2.60. The highest BCUT2D eigenvalue weighted by Crippen LogP contribution is 2.49. The van der Waals surface area contributed by atoms with Gasteiger partial charge in [0, 0.05) is 0 Å². The summed E-state index contributed by atoms with van der Waals surface area (Å²) in [4.78, 5) is 0. The van der Waals surface area contributed by atoms with Crippen LogP contribution in [0.1, 0.15) is 42.5 Å². The SMILES string of the molecule is CCOP(=O)(CC[C@H]1O[C@@H](OCc2ccccc2)[C@H](OCc2ccccc2)[C@@H](OCc2ccccc2)[C@@H]1OCc1ccccc1)OCC. The smallest absolute Gasteiger partial charge is 0.330 e. The van der Waals surface area contributed by atoms with E-state index in [0.717, 1.165) is 22.3 Å². The molecule has 1 aliphatic heterocycles. The largest absolute Gasteiger partial charge is 0.368 e. The Labute approximate surface area is 284 Å². The van der Waals surface area contributed by atoms with Crippen molar-refractivity contribution in [2.24, 2.45) is 0 Å². The average Bonchev–Trinajstić information content (AvgIpc) is 3.13. The van der Waals surface area contributed by atoms with Crippen LogP contribution < -0.4 is 0 Å². The first kappa shape index (κ1) is 36.1. The predicted octanol–water partition coefficient (Wildman–Crippen LogP) is 8.34. The van der Waals surface area contributed by atoms with Crippen molar-refractivity contribution in [1.29, 1.82) is 0 Å². The Hall–Kier alpha value is -3.17. The molecular weight excluding hydrogens is 627 g/mol. The molecule has 0 aliphatic carbocycles. The molecule has 1 fully saturated rings. The van der Waals surface area contributed by atoms with Crippen LogP contribution in [0.15, 0.2) is 121 Å². The molecule has 4 aromatic carbocycles. The molecule has 0 saturated carbocycles. The first-order valence-electron chi connectivity index (χ1n) is 16.7. The lowest BCUT2D eigenvalue weighted by Gasteiger charge is -2.46. The van der Waals surface area contributed by atoms with E-state index in [2.05, 4.69) is 0 Å². The van der Waals surface area contributed by atoms with E-state index in [1.807, 2.05) is 135 Å². The Kier molecular flexibility index (Phi) is 14.4. The van der Waals surface area contributed by atoms with Crippen LogP contribution in [-0.2, 0) is 63.7 Å². The van der Waals surface area contributed by atoms with Gasteiger partial charge in [-0.2, -0.15) is 0 Å². The second-order valence-electron chi connectivity index (χ2n) is 11.6. The van der Waals surface area contributed by atoms with Crippen molar-refractivity contribution >= 4 is 7.60 Å². The fraction of sp³-hybridized carbons (Fsp3) is 0.385. The third-order valence-corrected chi connectivity index (χ3v) is 10.2. The maximum absolute atomic E-state index is 13.6. The van der Waals surface area contributed by atoms with Crippen molar-refractivity contribution in [2.45, 2.75) is 77.4 Å². The van der Waals surface area contributed by atoms with Gasteiger partial charge in [-0.05, 0) is 42.5 Å². The van der Waals surface area contributed by atoms with E-state index >= 15 is 0 Å². The summed E-state index contributed by atoms with van der Waals surface area (Å²) in [5.41, 5.74) is 4.04. The molecule has 8 nitrogen and oxygen atoms in total. The molecule has 1 saturated heterocycles. The maximum atomic E-state index is 13.6. The Bertz CT molecular complexity index is 1480. The Balaban J connectivity index is 1.48. The van der Waals surface area contributed by atoms with Crippen LogP contribution in [0.25, 0.3) is 0 Å². The van der Waals surface area contributed by atoms with Gasteiger partial charge in [0.2, 0.25) is 0 Å². The van der Waals surface area contributed by atoms with Crippen molar-refractivity contribution in [3.8, 4) is 0 Å². The summed E-state index contributed by atoms with van der Waals surface area (Å²) in [5.74, 6) is 0. The van der Waals surface area contributed by atoms with E-state index in [1.54, 1.807) is 0 Å². The fourth-order valence-corrected chi connectivity index (χ4v) is 7.40. The summed E-state index contributed by atoms with van der Waals surface area (Å²) in [6.45, 7) is 5.46. The fourth-order valence-electron chi connectivity index (χ4n) is 5.71. The molecule has 0 aromatic heterocycles. The summed E-state index contributed by atoms with van der Waals surface area (Å²) < 4.78 is 58.3. The molecule has 4 aromatic rings. The molecule has 0 unspecified atom stereocenters. The van der Waals surface area contributed by atoms with Gasteiger partial charge in [-0.15, -0.1) is 0 Å². The topological polar surface area (TPSA) is 81.7 Å². The predicted molar refractivity (Wildman–Crippen MR) is 185 cm³/mol. The highest BCUT2D eigenvalue weighted by atomic mass is 31.2. The van der Waals surface area contributed by atoms with Crippen LogP contribution in [0.4, 0.5) is 0 Å². The van der Waals surface area contributed by atoms with Gasteiger partial charge in [-0.25, -0.2) is 0 Å². The number of ether oxygens (including phenoxy) is 5. The van der Waals surface area contributed by atoms with E-state index < -0.39 is 38.3 Å². The molecule has 0 amide bonds. The maximum Gasteiger partial charge on any atom is 0.330 e. The van der Waals surface area contributed by atoms with Crippen LogP contribution in [0.3, 0.4) is 0 Å². The Morgan fingerprint density at radius 2 is 0.896 bits per heavy atom. The third-order valence-electron chi connectivity index (χ3n) is 8.04. The molecule has 0 radical (unpaired) electrons. The van der Waals surface area contributed by atoms with Crippen LogP contribution in [-0.4, -0.2) is 50.1 Å². The monoisotopic (exact) mass is 674 g/mol. The highest BCUT2D eigenvalue weighted by Gasteiger charge is 2.49. The molecule has 256 valence electrons. The number of benzene rings is 4. The van der Waals surface area contributed by atoms with Crippen molar-refractivity contribution in [3.05, 3.63) is 144 Å². The minimum absolute atomic E-state index is 0.150. The van der Waals surface area contributed by atoms with E-state index in [0.29, 0.717) is 32.8 Å². The lowest BCUT2D eigenvalue weighted by atomic mass is 9.96. The van der Waals surface area contributed by atoms with E-state index in [1.165, 1.54) is 0 Å². The minimum Gasteiger partial charge on any atom is -0.368 e. The number of hydrogen-bond acceptors (Lipinski definition) is 8. The molecule has 1 aliphatic rings. The number of rotatable bonds is 19. The molecule has 5 atom stereocenters. The molecule has 0 bridgehead atoms. The minimum atomic E-state index is -3.37. The van der Waals surface area contributed by atoms with Gasteiger partial charge in [0.25, 0.3) is 0 Å². The zero-order chi connectivity index (χ0) is 33.4. The molecule has 5 rings (SSSR count). The van der Waals surface area contributed by atoms with Gasteiger partial charge >= 0.3 is 7.60 Å². The molecule has 9 heteroatoms. The first-order valence-corrected chi connectivity index (χ1v) is 18.5. The summed E-state index contributed by atoms with van der Waals surface area (Å²) in [5, 5.41) is 0. The van der Waals surface area contributed by atoms with Crippen molar-refractivity contribution in [2.75, 3.05) is 19.4 Å². The molecule has 48 heavy (non-hydrogen) atoms. The van der Waals surface area contributed by atoms with E-state index in [-0.39, 0.29) is 19.4 Å². The van der Waals surface area contributed by atoms with Gasteiger partial charge in [-0.3, -0.25) is 4.57 Å². The van der Waals surface area contributed by atoms with Gasteiger partial charge in [0.05, 0.1) is 51.9 Å². The van der Waals surface area contributed by atoms with Gasteiger partial charge in [0.15, 0.2) is 6.29 Å². The summed E-state index contributed by atoms with van der Waals surface area (Å²) in [6, 6.07) is 39.9. The van der Waals surface area contributed by atoms with Gasteiger partial charge in [0.1, 0.15) is 18.3 Å². The van der Waals surface area contributed by atoms with Crippen molar-refractivity contribution in [3.63, 3.8) is 0 Å². The van der Waals surface area contributed by atoms with Gasteiger partial charge in [-0.1, -0.05) is 121 Å². The second-order valence-corrected chi connectivity index (χ2v) is 13.8. The number of hydrogen-bond donors (Lipinski definition) is 0. The van der Waals surface area contributed by atoms with Crippen LogP contribution in [0.2, 0.25) is 0 Å². The molecular formula is C39H47O8P. The summed E-state index contributed by atoms with van der Waals surface area (Å²) in [6.07, 6.45) is -2.75. The molecule has 0 spiro atoms. The Morgan fingerprint density at radius 1 is 0.521 bits per heavy atom. The van der Waals surface area contributed by atoms with E-state index in [4.69, 9.17) is 32.7 Å². The quantitative estimate of drug-likeness (QED) is 0.0919. The zero-order valence-corrected chi connectivity index (χ0v) is 28.7. The summed E-state index contributed by atoms with van der Waals surface area (Å²) >= 11 is 0. The van der Waals surface area contributed by atoms with Gasteiger partial charge < -0.3 is 32.7 Å². The van der Waals surface area contributed by atoms with E-state index in [9.17, 15) is 4.57 Å². The van der Waals surface area contributed by atoms with Crippen LogP contribution in [0.5, 0.6) is 0 Å². The molecule has 0 N–H and O–H groups in total. The lowest BCUT2D eigenvalue weighted by molar-refractivity contribution is -0.325. The van der Waals surface area contributed by atoms with Crippen LogP contribution >= 0.6 is 7.60 Å². The average molecular weight is 675 g/mol. The normalized spacial score (nSPS) is 21.2.